The number of rotatable bonds is 12. The van der Waals surface area contributed by atoms with E-state index in [9.17, 15) is 14.0 Å². The van der Waals surface area contributed by atoms with Crippen molar-refractivity contribution >= 4 is 28.6 Å². The third-order valence-electron chi connectivity index (χ3n) is 7.02. The first kappa shape index (κ1) is 28.3. The zero-order chi connectivity index (χ0) is 28.4. The van der Waals surface area contributed by atoms with Crippen LogP contribution in [0.5, 0.6) is 0 Å². The zero-order valence-electron chi connectivity index (χ0n) is 22.7. The Bertz CT molecular complexity index is 1600. The molecule has 1 aromatic heterocycles. The van der Waals surface area contributed by atoms with Crippen molar-refractivity contribution < 1.29 is 9.18 Å². The second-order valence-corrected chi connectivity index (χ2v) is 10.9. The standard InChI is InChI=1S/C34H32FN3O2S/c35-27-18-20-28(21-19-27)38-33(40)30-15-7-8-16-31(30)37-34(38)41-24-10-9-17-32(39)36-23-22-29(25-11-3-1-4-12-25)26-13-5-2-6-14-26/h1-8,11-16,18-21,29H,9-10,17,22-24H2,(H,36,39). The van der Waals surface area contributed by atoms with Crippen molar-refractivity contribution in [1.82, 2.24) is 14.9 Å². The van der Waals surface area contributed by atoms with Gasteiger partial charge in [-0.15, -0.1) is 0 Å². The Morgan fingerprint density at radius 2 is 1.46 bits per heavy atom. The van der Waals surface area contributed by atoms with E-state index in [1.165, 1.54) is 39.6 Å². The second-order valence-electron chi connectivity index (χ2n) is 9.85. The minimum Gasteiger partial charge on any atom is -0.356 e. The number of thioether (sulfide) groups is 1. The lowest BCUT2D eigenvalue weighted by atomic mass is 9.88. The van der Waals surface area contributed by atoms with Crippen molar-refractivity contribution in [2.45, 2.75) is 36.8 Å². The van der Waals surface area contributed by atoms with Crippen LogP contribution >= 0.6 is 11.8 Å². The van der Waals surface area contributed by atoms with Gasteiger partial charge in [0, 0.05) is 24.6 Å². The normalized spacial score (nSPS) is 11.2. The molecule has 0 spiro atoms. The van der Waals surface area contributed by atoms with Crippen molar-refractivity contribution in [1.29, 1.82) is 0 Å². The van der Waals surface area contributed by atoms with E-state index in [4.69, 9.17) is 4.98 Å². The molecule has 5 rings (SSSR count). The number of fused-ring (bicyclic) bond motifs is 1. The molecule has 4 aromatic carbocycles. The fourth-order valence-electron chi connectivity index (χ4n) is 4.92. The maximum Gasteiger partial charge on any atom is 0.266 e. The van der Waals surface area contributed by atoms with Crippen molar-refractivity contribution in [2.24, 2.45) is 0 Å². The molecule has 1 heterocycles. The molecule has 1 amide bonds. The van der Waals surface area contributed by atoms with Crippen molar-refractivity contribution in [3.63, 3.8) is 0 Å². The highest BCUT2D eigenvalue weighted by Gasteiger charge is 2.15. The van der Waals surface area contributed by atoms with Gasteiger partial charge in [0.2, 0.25) is 5.91 Å². The predicted octanol–water partition coefficient (Wildman–Crippen LogP) is 7.13. The summed E-state index contributed by atoms with van der Waals surface area (Å²) in [7, 11) is 0. The van der Waals surface area contributed by atoms with Gasteiger partial charge in [-0.1, -0.05) is 84.6 Å². The summed E-state index contributed by atoms with van der Waals surface area (Å²) in [4.78, 5) is 30.6. The molecule has 0 radical (unpaired) electrons. The number of para-hydroxylation sites is 1. The van der Waals surface area contributed by atoms with Crippen molar-refractivity contribution in [2.75, 3.05) is 12.3 Å². The van der Waals surface area contributed by atoms with Gasteiger partial charge in [0.1, 0.15) is 5.82 Å². The molecule has 0 aliphatic rings. The predicted molar refractivity (Wildman–Crippen MR) is 164 cm³/mol. The van der Waals surface area contributed by atoms with Gasteiger partial charge in [0.15, 0.2) is 5.16 Å². The van der Waals surface area contributed by atoms with E-state index in [1.807, 2.05) is 54.6 Å². The Morgan fingerprint density at radius 3 is 2.15 bits per heavy atom. The van der Waals surface area contributed by atoms with E-state index in [1.54, 1.807) is 18.2 Å². The number of halogens is 1. The third-order valence-corrected chi connectivity index (χ3v) is 8.04. The van der Waals surface area contributed by atoms with Crippen LogP contribution in [0.4, 0.5) is 4.39 Å². The minimum atomic E-state index is -0.362. The van der Waals surface area contributed by atoms with Crippen LogP contribution in [0.3, 0.4) is 0 Å². The molecule has 0 bridgehead atoms. The highest BCUT2D eigenvalue weighted by Crippen LogP contribution is 2.27. The SMILES string of the molecule is O=C(CCCCSc1nc2ccccc2c(=O)n1-c1ccc(F)cc1)NCCC(c1ccccc1)c1ccccc1. The number of nitrogens with one attached hydrogen (secondary N) is 1. The Morgan fingerprint density at radius 1 is 0.829 bits per heavy atom. The quantitative estimate of drug-likeness (QED) is 0.0994. The van der Waals surface area contributed by atoms with Crippen LogP contribution in [0, 0.1) is 5.82 Å². The van der Waals surface area contributed by atoms with Crippen LogP contribution in [0.1, 0.15) is 42.7 Å². The van der Waals surface area contributed by atoms with E-state index < -0.39 is 0 Å². The molecule has 208 valence electrons. The topological polar surface area (TPSA) is 64.0 Å². The first-order chi connectivity index (χ1) is 20.1. The van der Waals surface area contributed by atoms with Crippen LogP contribution < -0.4 is 10.9 Å². The highest BCUT2D eigenvalue weighted by molar-refractivity contribution is 7.99. The number of unbranched alkanes of at least 4 members (excludes halogenated alkanes) is 1. The van der Waals surface area contributed by atoms with Gasteiger partial charge in [0.05, 0.1) is 16.6 Å². The van der Waals surface area contributed by atoms with E-state index in [0.29, 0.717) is 40.5 Å². The molecule has 0 unspecified atom stereocenters. The maximum absolute atomic E-state index is 13.5. The van der Waals surface area contributed by atoms with Gasteiger partial charge < -0.3 is 5.32 Å². The van der Waals surface area contributed by atoms with Crippen LogP contribution in [-0.2, 0) is 4.79 Å². The molecule has 0 aliphatic carbocycles. The largest absolute Gasteiger partial charge is 0.356 e. The molecule has 0 aliphatic heterocycles. The molecule has 5 nitrogen and oxygen atoms in total. The van der Waals surface area contributed by atoms with E-state index in [0.717, 1.165) is 19.3 Å². The van der Waals surface area contributed by atoms with Crippen molar-refractivity contribution in [3.8, 4) is 5.69 Å². The average Bonchev–Trinajstić information content (AvgIpc) is 3.01. The number of aromatic nitrogens is 2. The van der Waals surface area contributed by atoms with E-state index in [2.05, 4.69) is 29.6 Å². The molecule has 1 N–H and O–H groups in total. The van der Waals surface area contributed by atoms with E-state index >= 15 is 0 Å². The molecule has 0 fully saturated rings. The molecular weight excluding hydrogens is 533 g/mol. The van der Waals surface area contributed by atoms with Gasteiger partial charge in [0.25, 0.3) is 5.56 Å². The summed E-state index contributed by atoms with van der Waals surface area (Å²) in [5, 5.41) is 4.16. The molecule has 7 heteroatoms. The number of benzene rings is 4. The van der Waals surface area contributed by atoms with Gasteiger partial charge in [-0.05, 0) is 66.8 Å². The zero-order valence-corrected chi connectivity index (χ0v) is 23.5. The molecule has 5 aromatic rings. The second kappa shape index (κ2) is 13.9. The van der Waals surface area contributed by atoms with E-state index in [-0.39, 0.29) is 23.2 Å². The first-order valence-corrected chi connectivity index (χ1v) is 14.9. The Balaban J connectivity index is 1.14. The fourth-order valence-corrected chi connectivity index (χ4v) is 5.93. The van der Waals surface area contributed by atoms with Crippen LogP contribution in [-0.4, -0.2) is 27.8 Å². The number of carbonyl (C=O) groups is 1. The number of amides is 1. The number of hydrogen-bond donors (Lipinski definition) is 1. The van der Waals surface area contributed by atoms with Gasteiger partial charge in [-0.2, -0.15) is 0 Å². The molecule has 41 heavy (non-hydrogen) atoms. The smallest absolute Gasteiger partial charge is 0.266 e. The molecular formula is C34H32FN3O2S. The van der Waals surface area contributed by atoms with Crippen LogP contribution in [0.2, 0.25) is 0 Å². The molecule has 0 saturated carbocycles. The summed E-state index contributed by atoms with van der Waals surface area (Å²) in [6.45, 7) is 0.604. The third kappa shape index (κ3) is 7.30. The Hall–Kier alpha value is -4.23. The van der Waals surface area contributed by atoms with Gasteiger partial charge >= 0.3 is 0 Å². The van der Waals surface area contributed by atoms with Crippen LogP contribution in [0.25, 0.3) is 16.6 Å². The number of hydrogen-bond acceptors (Lipinski definition) is 4. The Labute approximate surface area is 243 Å². The lowest BCUT2D eigenvalue weighted by Crippen LogP contribution is -2.25. The number of carbonyl (C=O) groups excluding carboxylic acids is 1. The van der Waals surface area contributed by atoms with Crippen LogP contribution in [0.15, 0.2) is 119 Å². The summed E-state index contributed by atoms with van der Waals surface area (Å²) < 4.78 is 15.1. The highest BCUT2D eigenvalue weighted by atomic mass is 32.2. The summed E-state index contributed by atoms with van der Waals surface area (Å²) >= 11 is 1.47. The Kier molecular flexibility index (Phi) is 9.60. The maximum atomic E-state index is 13.5. The van der Waals surface area contributed by atoms with Crippen molar-refractivity contribution in [3.05, 3.63) is 136 Å². The summed E-state index contributed by atoms with van der Waals surface area (Å²) in [5.74, 6) is 0.603. The average molecular weight is 566 g/mol. The molecule has 0 saturated heterocycles. The van der Waals surface area contributed by atoms with Gasteiger partial charge in [-0.3, -0.25) is 14.2 Å². The lowest BCUT2D eigenvalue weighted by Gasteiger charge is -2.18. The summed E-state index contributed by atoms with van der Waals surface area (Å²) in [5.41, 5.74) is 3.49. The minimum absolute atomic E-state index is 0.0434. The fraction of sp³-hybridized carbons (Fsp3) is 0.206. The van der Waals surface area contributed by atoms with Gasteiger partial charge in [-0.25, -0.2) is 9.37 Å². The summed E-state index contributed by atoms with van der Waals surface area (Å²) in [6, 6.07) is 33.9. The molecule has 0 atom stereocenters. The first-order valence-electron chi connectivity index (χ1n) is 13.9. The number of nitrogens with zero attached hydrogens (tertiary/aromatic N) is 2. The monoisotopic (exact) mass is 565 g/mol. The lowest BCUT2D eigenvalue weighted by molar-refractivity contribution is -0.121. The summed E-state index contributed by atoms with van der Waals surface area (Å²) in [6.07, 6.45) is 2.79.